The van der Waals surface area contributed by atoms with Crippen LogP contribution < -0.4 is 5.43 Å². The van der Waals surface area contributed by atoms with Crippen molar-refractivity contribution in [3.05, 3.63) is 58.4 Å². The van der Waals surface area contributed by atoms with E-state index in [4.69, 9.17) is 0 Å². The van der Waals surface area contributed by atoms with Gasteiger partial charge in [-0.2, -0.15) is 0 Å². The molecular formula is C15H10N2O. The second-order valence-corrected chi connectivity index (χ2v) is 4.63. The highest BCUT2D eigenvalue weighted by Crippen LogP contribution is 2.22. The smallest absolute Gasteiger partial charge is 0.210 e. The predicted molar refractivity (Wildman–Crippen MR) is 72.4 cm³/mol. The average molecular weight is 234 g/mol. The van der Waals surface area contributed by atoms with E-state index in [1.165, 1.54) is 0 Å². The molecule has 3 heteroatoms. The van der Waals surface area contributed by atoms with Crippen molar-refractivity contribution in [1.29, 1.82) is 0 Å². The molecule has 0 unspecified atom stereocenters. The first-order valence-electron chi connectivity index (χ1n) is 5.88. The van der Waals surface area contributed by atoms with E-state index in [0.29, 0.717) is 5.52 Å². The van der Waals surface area contributed by atoms with Gasteiger partial charge in [0.2, 0.25) is 5.43 Å². The maximum absolute atomic E-state index is 12.5. The third kappa shape index (κ3) is 1.03. The van der Waals surface area contributed by atoms with E-state index in [1.54, 1.807) is 0 Å². The van der Waals surface area contributed by atoms with Gasteiger partial charge >= 0.3 is 0 Å². The summed E-state index contributed by atoms with van der Waals surface area (Å²) in [5, 5.41) is 1.73. The molecule has 0 radical (unpaired) electrons. The Bertz CT molecular complexity index is 953. The first kappa shape index (κ1) is 9.59. The number of pyridine rings is 2. The van der Waals surface area contributed by atoms with Crippen molar-refractivity contribution in [2.45, 2.75) is 6.92 Å². The summed E-state index contributed by atoms with van der Waals surface area (Å²) in [6.07, 6.45) is 1.84. The molecule has 3 heterocycles. The molecule has 0 saturated carbocycles. The summed E-state index contributed by atoms with van der Waals surface area (Å²) in [7, 11) is 0. The van der Waals surface area contributed by atoms with Crippen LogP contribution in [0.3, 0.4) is 0 Å². The molecule has 3 aromatic heterocycles. The van der Waals surface area contributed by atoms with Crippen LogP contribution in [0.25, 0.3) is 27.5 Å². The van der Waals surface area contributed by atoms with Crippen molar-refractivity contribution in [2.24, 2.45) is 0 Å². The number of aromatic nitrogens is 2. The fourth-order valence-corrected chi connectivity index (χ4v) is 2.65. The van der Waals surface area contributed by atoms with Crippen LogP contribution in [0.5, 0.6) is 0 Å². The van der Waals surface area contributed by atoms with Crippen LogP contribution in [-0.4, -0.2) is 9.38 Å². The highest BCUT2D eigenvalue weighted by molar-refractivity contribution is 5.99. The molecule has 3 nitrogen and oxygen atoms in total. The average Bonchev–Trinajstić information content (AvgIpc) is 2.80. The van der Waals surface area contributed by atoms with E-state index in [-0.39, 0.29) is 5.43 Å². The molecule has 4 aromatic rings. The summed E-state index contributed by atoms with van der Waals surface area (Å²) in [4.78, 5) is 16.9. The molecular weight excluding hydrogens is 224 g/mol. The van der Waals surface area contributed by atoms with Gasteiger partial charge in [0, 0.05) is 10.8 Å². The lowest BCUT2D eigenvalue weighted by atomic mass is 10.1. The summed E-state index contributed by atoms with van der Waals surface area (Å²) in [6.45, 7) is 1.98. The highest BCUT2D eigenvalue weighted by Gasteiger charge is 2.12. The van der Waals surface area contributed by atoms with Crippen molar-refractivity contribution in [3.63, 3.8) is 0 Å². The number of imidazole rings is 1. The van der Waals surface area contributed by atoms with Gasteiger partial charge in [-0.05, 0) is 24.6 Å². The zero-order chi connectivity index (χ0) is 12.3. The van der Waals surface area contributed by atoms with E-state index in [9.17, 15) is 4.79 Å². The predicted octanol–water partition coefficient (Wildman–Crippen LogP) is 2.75. The lowest BCUT2D eigenvalue weighted by Gasteiger charge is -2.06. The van der Waals surface area contributed by atoms with Crippen molar-refractivity contribution in [2.75, 3.05) is 0 Å². The zero-order valence-electron chi connectivity index (χ0n) is 9.84. The number of nitrogens with zero attached hydrogens (tertiary/aromatic N) is 2. The van der Waals surface area contributed by atoms with Gasteiger partial charge in [0.15, 0.2) is 0 Å². The Hall–Kier alpha value is -2.42. The van der Waals surface area contributed by atoms with Gasteiger partial charge in [0.1, 0.15) is 5.65 Å². The first-order chi connectivity index (χ1) is 8.75. The van der Waals surface area contributed by atoms with Crippen molar-refractivity contribution in [1.82, 2.24) is 9.38 Å². The first-order valence-corrected chi connectivity index (χ1v) is 5.88. The lowest BCUT2D eigenvalue weighted by Crippen LogP contribution is -2.08. The molecule has 0 spiro atoms. The van der Waals surface area contributed by atoms with Gasteiger partial charge in [-0.25, -0.2) is 4.98 Å². The molecule has 0 amide bonds. The molecule has 18 heavy (non-hydrogen) atoms. The number of hydrogen-bond acceptors (Lipinski definition) is 2. The quantitative estimate of drug-likeness (QED) is 0.438. The van der Waals surface area contributed by atoms with Crippen LogP contribution in [0.2, 0.25) is 0 Å². The van der Waals surface area contributed by atoms with E-state index in [1.807, 2.05) is 53.9 Å². The van der Waals surface area contributed by atoms with Crippen LogP contribution in [0, 0.1) is 6.92 Å². The molecule has 0 N–H and O–H groups in total. The van der Waals surface area contributed by atoms with Crippen molar-refractivity contribution >= 4 is 27.5 Å². The number of hydrogen-bond donors (Lipinski definition) is 0. The molecule has 0 aliphatic carbocycles. The largest absolute Gasteiger partial charge is 0.289 e. The number of fused-ring (bicyclic) bond motifs is 2. The molecule has 0 aliphatic rings. The lowest BCUT2D eigenvalue weighted by molar-refractivity contribution is 1.25. The summed E-state index contributed by atoms with van der Waals surface area (Å²) in [6, 6.07) is 11.6. The van der Waals surface area contributed by atoms with Gasteiger partial charge in [0.05, 0.1) is 17.2 Å². The highest BCUT2D eigenvalue weighted by atomic mass is 16.1. The molecule has 4 rings (SSSR count). The Balaban J connectivity index is 2.49. The molecule has 0 atom stereocenters. The second kappa shape index (κ2) is 3.07. The topological polar surface area (TPSA) is 34.4 Å². The summed E-state index contributed by atoms with van der Waals surface area (Å²) in [5.74, 6) is 0. The Morgan fingerprint density at radius 3 is 2.67 bits per heavy atom. The third-order valence-corrected chi connectivity index (χ3v) is 3.43. The Kier molecular flexibility index (Phi) is 1.64. The van der Waals surface area contributed by atoms with Crippen LogP contribution >= 0.6 is 0 Å². The molecule has 1 aromatic carbocycles. The minimum Gasteiger partial charge on any atom is -0.289 e. The van der Waals surface area contributed by atoms with E-state index in [0.717, 1.165) is 27.5 Å². The molecule has 0 bridgehead atoms. The van der Waals surface area contributed by atoms with Crippen LogP contribution in [0.1, 0.15) is 5.56 Å². The summed E-state index contributed by atoms with van der Waals surface area (Å²) >= 11 is 0. The van der Waals surface area contributed by atoms with Crippen molar-refractivity contribution in [3.8, 4) is 0 Å². The third-order valence-electron chi connectivity index (χ3n) is 3.43. The maximum Gasteiger partial charge on any atom is 0.210 e. The maximum atomic E-state index is 12.5. The minimum atomic E-state index is 0.0739. The van der Waals surface area contributed by atoms with E-state index in [2.05, 4.69) is 4.98 Å². The molecule has 86 valence electrons. The van der Waals surface area contributed by atoms with Crippen molar-refractivity contribution < 1.29 is 0 Å². The van der Waals surface area contributed by atoms with Crippen LogP contribution in [0.15, 0.2) is 47.4 Å². The number of benzene rings is 1. The molecule has 0 aliphatic heterocycles. The van der Waals surface area contributed by atoms with E-state index < -0.39 is 0 Å². The molecule has 0 fully saturated rings. The summed E-state index contributed by atoms with van der Waals surface area (Å²) in [5.41, 5.74) is 3.67. The Labute approximate surface area is 103 Å². The van der Waals surface area contributed by atoms with Gasteiger partial charge < -0.3 is 0 Å². The van der Waals surface area contributed by atoms with Gasteiger partial charge in [-0.1, -0.05) is 24.3 Å². The number of rotatable bonds is 0. The summed E-state index contributed by atoms with van der Waals surface area (Å²) < 4.78 is 1.94. The van der Waals surface area contributed by atoms with E-state index >= 15 is 0 Å². The minimum absolute atomic E-state index is 0.0739. The normalized spacial score (nSPS) is 11.8. The van der Waals surface area contributed by atoms with Gasteiger partial charge in [0.25, 0.3) is 0 Å². The second-order valence-electron chi connectivity index (χ2n) is 4.63. The monoisotopic (exact) mass is 234 g/mol. The Morgan fingerprint density at radius 2 is 1.83 bits per heavy atom. The fraction of sp³-hybridized carbons (Fsp3) is 0.0667. The Morgan fingerprint density at radius 1 is 1.06 bits per heavy atom. The SMILES string of the molecule is Cc1cc2ncc3c4ccccc4c(=O)c(c1)n23. The number of aryl methyl sites for hydroxylation is 1. The van der Waals surface area contributed by atoms with Gasteiger partial charge in [-0.3, -0.25) is 9.20 Å². The standard InChI is InChI=1S/C15H10N2O/c1-9-6-12-15(18)11-5-3-2-4-10(11)13-8-16-14(7-9)17(12)13/h2-8H,1H3. The molecule has 0 saturated heterocycles. The van der Waals surface area contributed by atoms with Crippen LogP contribution in [-0.2, 0) is 0 Å². The van der Waals surface area contributed by atoms with Gasteiger partial charge in [-0.15, -0.1) is 0 Å². The van der Waals surface area contributed by atoms with Crippen LogP contribution in [0.4, 0.5) is 0 Å². The fourth-order valence-electron chi connectivity index (χ4n) is 2.65. The zero-order valence-corrected chi connectivity index (χ0v) is 9.84.